The van der Waals surface area contributed by atoms with Gasteiger partial charge in [0.2, 0.25) is 29.3 Å². The number of guanidine groups is 1. The molecule has 2 aromatic carbocycles. The minimum absolute atomic E-state index is 0.0229. The number of aliphatic imine (C=N–C) groups is 1. The Morgan fingerprint density at radius 3 is 2.26 bits per heavy atom. The third-order valence-corrected chi connectivity index (χ3v) is 23.0. The zero-order chi connectivity index (χ0) is 62.3. The van der Waals surface area contributed by atoms with Gasteiger partial charge in [-0.1, -0.05) is 120 Å². The van der Waals surface area contributed by atoms with Gasteiger partial charge < -0.3 is 55.6 Å². The van der Waals surface area contributed by atoms with E-state index in [1.807, 2.05) is 19.1 Å². The van der Waals surface area contributed by atoms with Crippen molar-refractivity contribution in [2.75, 3.05) is 59.3 Å². The van der Waals surface area contributed by atoms with Gasteiger partial charge in [-0.2, -0.15) is 0 Å². The number of rotatable bonds is 20. The molecule has 4 aliphatic heterocycles. The van der Waals surface area contributed by atoms with Crippen molar-refractivity contribution in [1.29, 1.82) is 0 Å². The number of imide groups is 1. The number of ketones is 2. The Kier molecular flexibility index (Phi) is 23.9. The lowest BCUT2D eigenvalue weighted by Crippen LogP contribution is -2.67. The second-order valence-electron chi connectivity index (χ2n) is 24.1. The summed E-state index contributed by atoms with van der Waals surface area (Å²) in [5.74, 6) is -1.79. The molecular weight excluding hydrogens is 1130 g/mol. The number of hydrogen-bond donors (Lipinski definition) is 6. The summed E-state index contributed by atoms with van der Waals surface area (Å²) in [5.41, 5.74) is 6.19. The summed E-state index contributed by atoms with van der Waals surface area (Å²) >= 11 is 1.49. The van der Waals surface area contributed by atoms with Crippen LogP contribution in [0.3, 0.4) is 0 Å². The summed E-state index contributed by atoms with van der Waals surface area (Å²) in [7, 11) is 0.157. The predicted octanol–water partition coefficient (Wildman–Crippen LogP) is 4.87. The molecule has 1 aliphatic carbocycles. The Hall–Kier alpha value is -6.69. The van der Waals surface area contributed by atoms with Gasteiger partial charge in [-0.05, 0) is 79.3 Å². The average Bonchev–Trinajstić information content (AvgIpc) is 1.19. The largest absolute Gasteiger partial charge is 0.439 e. The molecule has 9 atom stereocenters. The van der Waals surface area contributed by atoms with Crippen LogP contribution >= 0.6 is 11.8 Å². The fourth-order valence-corrected chi connectivity index (χ4v) is 17.8. The summed E-state index contributed by atoms with van der Waals surface area (Å²) in [6.45, 7) is 16.5. The summed E-state index contributed by atoms with van der Waals surface area (Å²) in [6, 6.07) is 21.3. The van der Waals surface area contributed by atoms with E-state index in [1.54, 1.807) is 26.0 Å². The van der Waals surface area contributed by atoms with Crippen molar-refractivity contribution in [3.8, 4) is 0 Å². The first-order chi connectivity index (χ1) is 41.0. The van der Waals surface area contributed by atoms with Crippen LogP contribution in [0.25, 0.3) is 0 Å². The Labute approximate surface area is 511 Å². The molecule has 2 bridgehead atoms. The predicted molar refractivity (Wildman–Crippen MR) is 335 cm³/mol. The number of amides is 5. The molecule has 2 fully saturated rings. The van der Waals surface area contributed by atoms with Gasteiger partial charge in [0.25, 0.3) is 14.2 Å². The molecule has 0 saturated carbocycles. The van der Waals surface area contributed by atoms with E-state index in [0.717, 1.165) is 38.0 Å². The molecule has 4 heterocycles. The summed E-state index contributed by atoms with van der Waals surface area (Å²) in [4.78, 5) is 102. The first-order valence-corrected chi connectivity index (χ1v) is 32.9. The second kappa shape index (κ2) is 30.8. The Morgan fingerprint density at radius 2 is 1.60 bits per heavy atom. The van der Waals surface area contributed by atoms with E-state index in [1.165, 1.54) is 60.3 Å². The van der Waals surface area contributed by atoms with Gasteiger partial charge in [0.05, 0.1) is 41.5 Å². The first-order valence-electron chi connectivity index (χ1n) is 29.9. The van der Waals surface area contributed by atoms with Crippen molar-refractivity contribution >= 4 is 77.7 Å². The Morgan fingerprint density at radius 1 is 0.919 bits per heavy atom. The minimum atomic E-state index is -2.73. The van der Waals surface area contributed by atoms with Crippen LogP contribution in [0.5, 0.6) is 0 Å². The third kappa shape index (κ3) is 16.9. The number of primary amides is 1. The van der Waals surface area contributed by atoms with Crippen LogP contribution in [-0.2, 0) is 47.4 Å². The van der Waals surface area contributed by atoms with E-state index in [2.05, 4.69) is 95.5 Å². The van der Waals surface area contributed by atoms with Gasteiger partial charge in [-0.3, -0.25) is 33.7 Å². The molecule has 0 aromatic heterocycles. The molecule has 86 heavy (non-hydrogen) atoms. The molecule has 2 aromatic rings. The topological polar surface area (TPSA) is 270 Å². The standard InChI is InChI=1S/C64H88N8O12SSi/c1-40-33-48-56(50(73)36-49(58(48)77)70-60(78)41(2)19-16-24-51(81-8)59(84-62(65)80)43(4)35-42(3)57(76)52(34-40)82-9)67-29-18-28-66-54(74)25-17-30-72-55(75)37-53(61(72)79)85-39-45-27-32-71-31-26-44(68-63(71)69-45)38-83-86(64(5,6)7,46-20-12-10-13-21-46)47-22-14-11-15-23-47/h10-16,19-24,35-36,40,42,44-45,51-53,57,59,67,76H,17-18,25-34,37-39H2,1-9H3,(H2,65,80)(H,66,74)(H,68,69)(H,70,78)/t40?,42?,44-,45-,51?,52?,53?,57?,59?/m1/s1. The number of carbonyl (C=O) groups is 7. The molecule has 466 valence electrons. The summed E-state index contributed by atoms with van der Waals surface area (Å²) in [6.07, 6.45) is 5.82. The normalized spacial score (nSPS) is 25.6. The van der Waals surface area contributed by atoms with Crippen molar-refractivity contribution in [1.82, 2.24) is 31.1 Å². The Bertz CT molecular complexity index is 2920. The number of Topliss-reactive ketones (excluding diaryl/α,β-unsaturated/α-hetero) is 1. The van der Waals surface area contributed by atoms with Crippen LogP contribution in [0.4, 0.5) is 4.79 Å². The number of aliphatic hydroxyl groups excluding tert-OH is 1. The average molecular weight is 1220 g/mol. The number of thioether (sulfide) groups is 1. The van der Waals surface area contributed by atoms with E-state index < -0.39 is 67.5 Å². The maximum absolute atomic E-state index is 14.2. The van der Waals surface area contributed by atoms with Crippen molar-refractivity contribution in [3.05, 3.63) is 119 Å². The zero-order valence-corrected chi connectivity index (χ0v) is 53.0. The molecule has 5 aliphatic rings. The number of hydrogen-bond acceptors (Lipinski definition) is 17. The molecule has 7 unspecified atom stereocenters. The van der Waals surface area contributed by atoms with Crippen LogP contribution in [-0.4, -0.2) is 172 Å². The summed E-state index contributed by atoms with van der Waals surface area (Å²) in [5, 5.41) is 25.6. The highest BCUT2D eigenvalue weighted by molar-refractivity contribution is 8.00. The van der Waals surface area contributed by atoms with E-state index in [9.17, 15) is 38.7 Å². The lowest BCUT2D eigenvalue weighted by Gasteiger charge is -2.44. The van der Waals surface area contributed by atoms with E-state index in [4.69, 9.17) is 29.4 Å². The number of benzene rings is 2. The monoisotopic (exact) mass is 1220 g/mol. The number of methoxy groups -OCH3 is 2. The Balaban J connectivity index is 0.883. The van der Waals surface area contributed by atoms with Crippen LogP contribution in [0.2, 0.25) is 5.04 Å². The fraction of sp³-hybridized carbons (Fsp3) is 0.531. The number of allylic oxidation sites excluding steroid dienone is 4. The third-order valence-electron chi connectivity index (χ3n) is 16.6. The van der Waals surface area contributed by atoms with Crippen LogP contribution in [0.1, 0.15) is 99.8 Å². The van der Waals surface area contributed by atoms with Crippen LogP contribution in [0, 0.1) is 11.8 Å². The van der Waals surface area contributed by atoms with Gasteiger partial charge in [0, 0.05) is 94.7 Å². The highest BCUT2D eigenvalue weighted by Crippen LogP contribution is 2.38. The van der Waals surface area contributed by atoms with Crippen molar-refractivity contribution < 1.29 is 57.3 Å². The number of likely N-dealkylation sites (tertiary alicyclic amines) is 1. The molecule has 0 radical (unpaired) electrons. The highest BCUT2D eigenvalue weighted by Gasteiger charge is 2.51. The molecule has 0 spiro atoms. The molecule has 7 N–H and O–H groups in total. The molecule has 22 heteroatoms. The molecule has 7 rings (SSSR count). The van der Waals surface area contributed by atoms with Gasteiger partial charge in [-0.15, -0.1) is 11.8 Å². The van der Waals surface area contributed by atoms with Gasteiger partial charge in [0.15, 0.2) is 12.1 Å². The van der Waals surface area contributed by atoms with E-state index in [-0.39, 0.29) is 109 Å². The minimum Gasteiger partial charge on any atom is -0.439 e. The number of ether oxygens (including phenoxy) is 3. The molecular formula is C64H88N8O12SSi. The zero-order valence-electron chi connectivity index (χ0n) is 51.2. The summed E-state index contributed by atoms with van der Waals surface area (Å²) < 4.78 is 24.1. The van der Waals surface area contributed by atoms with E-state index in [0.29, 0.717) is 30.8 Å². The number of nitrogens with one attached hydrogen (secondary N) is 4. The van der Waals surface area contributed by atoms with Gasteiger partial charge >= 0.3 is 6.09 Å². The number of aliphatic hydroxyl groups is 1. The number of nitrogens with zero attached hydrogens (tertiary/aromatic N) is 3. The van der Waals surface area contributed by atoms with Crippen LogP contribution < -0.4 is 37.4 Å². The number of nitrogens with two attached hydrogens (primary N) is 1. The molecule has 5 amide bonds. The lowest BCUT2D eigenvalue weighted by atomic mass is 9.85. The quantitative estimate of drug-likeness (QED) is 0.0340. The number of fused-ring (bicyclic) bond motifs is 3. The smallest absolute Gasteiger partial charge is 0.405 e. The second-order valence-corrected chi connectivity index (χ2v) is 29.6. The first kappa shape index (κ1) is 66.8. The molecule has 2 saturated heterocycles. The van der Waals surface area contributed by atoms with Crippen LogP contribution in [0.15, 0.2) is 124 Å². The van der Waals surface area contributed by atoms with Gasteiger partial charge in [-0.25, -0.2) is 9.79 Å². The number of carbonyl (C=O) groups excluding carboxylic acids is 7. The highest BCUT2D eigenvalue weighted by atomic mass is 32.2. The molecule has 20 nitrogen and oxygen atoms in total. The fourth-order valence-electron chi connectivity index (χ4n) is 11.9. The van der Waals surface area contributed by atoms with Crippen molar-refractivity contribution in [3.63, 3.8) is 0 Å². The SMILES string of the molecule is COC1C=CC=C(C)C(=O)NC2=CC(=O)C(NCCCNC(=O)CCCN3C(=O)CC(SC[C@H]4CCN5CC[C@H](CO[Si](c6ccccc6)(c6ccccc6)C(C)(C)C)N=C5N4)C3=O)=C(CC(C)CC(OC)C(O)C(C)C=C(C)C1OC(N)=O)C2=O. The van der Waals surface area contributed by atoms with Crippen molar-refractivity contribution in [2.45, 2.75) is 147 Å². The maximum Gasteiger partial charge on any atom is 0.405 e. The van der Waals surface area contributed by atoms with Gasteiger partial charge in [0.1, 0.15) is 6.10 Å². The van der Waals surface area contributed by atoms with Crippen molar-refractivity contribution in [2.24, 2.45) is 22.6 Å². The maximum atomic E-state index is 14.2. The van der Waals surface area contributed by atoms with E-state index >= 15 is 0 Å². The lowest BCUT2D eigenvalue weighted by molar-refractivity contribution is -0.138.